The fourth-order valence-corrected chi connectivity index (χ4v) is 1.96. The number of benzene rings is 1. The van der Waals surface area contributed by atoms with Crippen molar-refractivity contribution in [3.8, 4) is 0 Å². The highest BCUT2D eigenvalue weighted by Crippen LogP contribution is 2.14. The van der Waals surface area contributed by atoms with Gasteiger partial charge in [0.25, 0.3) is 0 Å². The maximum atomic E-state index is 11.6. The lowest BCUT2D eigenvalue weighted by atomic mass is 10.2. The van der Waals surface area contributed by atoms with E-state index in [2.05, 4.69) is 6.92 Å². The zero-order valence-electron chi connectivity index (χ0n) is 9.94. The second kappa shape index (κ2) is 7.06. The molecule has 0 fully saturated rings. The van der Waals surface area contributed by atoms with Crippen LogP contribution in [0, 0.1) is 0 Å². The molecule has 0 atom stereocenters. The third-order valence-electron chi connectivity index (χ3n) is 2.08. The van der Waals surface area contributed by atoms with Crippen molar-refractivity contribution in [1.82, 2.24) is 0 Å². The number of carbonyl (C=O) groups excluding carboxylic acids is 1. The highest BCUT2D eigenvalue weighted by Gasteiger charge is 2.08. The van der Waals surface area contributed by atoms with Gasteiger partial charge in [0.15, 0.2) is 0 Å². The van der Waals surface area contributed by atoms with Crippen LogP contribution in [0.4, 0.5) is 11.4 Å². The van der Waals surface area contributed by atoms with E-state index >= 15 is 0 Å². The van der Waals surface area contributed by atoms with Gasteiger partial charge in [-0.05, 0) is 36.1 Å². The molecule has 0 saturated carbocycles. The molecule has 0 radical (unpaired) electrons. The van der Waals surface area contributed by atoms with E-state index < -0.39 is 0 Å². The topological polar surface area (TPSA) is 78.3 Å². The minimum atomic E-state index is -0.370. The van der Waals surface area contributed by atoms with E-state index in [1.54, 1.807) is 18.2 Å². The predicted molar refractivity (Wildman–Crippen MR) is 73.2 cm³/mol. The summed E-state index contributed by atoms with van der Waals surface area (Å²) in [5.74, 6) is 1.72. The van der Waals surface area contributed by atoms with E-state index in [0.29, 0.717) is 23.5 Å². The van der Waals surface area contributed by atoms with E-state index in [1.165, 1.54) is 0 Å². The molecule has 0 aliphatic heterocycles. The first-order valence-corrected chi connectivity index (χ1v) is 6.70. The fourth-order valence-electron chi connectivity index (χ4n) is 1.35. The molecule has 5 heteroatoms. The summed E-state index contributed by atoms with van der Waals surface area (Å²) >= 11 is 1.83. The molecule has 94 valence electrons. The van der Waals surface area contributed by atoms with E-state index in [0.717, 1.165) is 17.9 Å². The third-order valence-corrected chi connectivity index (χ3v) is 3.07. The third kappa shape index (κ3) is 4.99. The van der Waals surface area contributed by atoms with E-state index in [4.69, 9.17) is 16.2 Å². The number of rotatable bonds is 6. The Balaban J connectivity index is 2.41. The molecule has 0 aliphatic rings. The molecular formula is C12H18N2O2S. The first-order valence-electron chi connectivity index (χ1n) is 5.54. The van der Waals surface area contributed by atoms with E-state index in [9.17, 15) is 4.79 Å². The Kier molecular flexibility index (Phi) is 5.69. The molecule has 0 saturated heterocycles. The molecule has 1 aromatic carbocycles. The Morgan fingerprint density at radius 2 is 1.94 bits per heavy atom. The van der Waals surface area contributed by atoms with Crippen LogP contribution in [-0.2, 0) is 4.74 Å². The largest absolute Gasteiger partial charge is 0.462 e. The van der Waals surface area contributed by atoms with Crippen molar-refractivity contribution in [1.29, 1.82) is 0 Å². The van der Waals surface area contributed by atoms with Gasteiger partial charge in [0.2, 0.25) is 0 Å². The first-order chi connectivity index (χ1) is 8.13. The van der Waals surface area contributed by atoms with E-state index in [-0.39, 0.29) is 5.97 Å². The molecule has 17 heavy (non-hydrogen) atoms. The number of hydrogen-bond acceptors (Lipinski definition) is 5. The van der Waals surface area contributed by atoms with Crippen LogP contribution in [0.1, 0.15) is 23.7 Å². The molecule has 0 aliphatic carbocycles. The number of anilines is 2. The number of ether oxygens (including phenoxy) is 1. The quantitative estimate of drug-likeness (QED) is 0.462. The van der Waals surface area contributed by atoms with Crippen LogP contribution in [0.3, 0.4) is 0 Å². The maximum absolute atomic E-state index is 11.6. The van der Waals surface area contributed by atoms with Crippen molar-refractivity contribution in [2.24, 2.45) is 0 Å². The summed E-state index contributed by atoms with van der Waals surface area (Å²) in [5, 5.41) is 0. The minimum Gasteiger partial charge on any atom is -0.462 e. The molecule has 0 heterocycles. The summed E-state index contributed by atoms with van der Waals surface area (Å²) in [5.41, 5.74) is 12.6. The van der Waals surface area contributed by atoms with Crippen molar-refractivity contribution >= 4 is 29.1 Å². The SMILES string of the molecule is CCSCCCOC(=O)c1cc(N)cc(N)c1. The second-order valence-electron chi connectivity index (χ2n) is 3.57. The van der Waals surface area contributed by atoms with Crippen LogP contribution < -0.4 is 11.5 Å². The van der Waals surface area contributed by atoms with Gasteiger partial charge in [0, 0.05) is 11.4 Å². The number of nitrogen functional groups attached to an aromatic ring is 2. The van der Waals surface area contributed by atoms with Gasteiger partial charge in [-0.3, -0.25) is 0 Å². The number of esters is 1. The number of hydrogen-bond donors (Lipinski definition) is 2. The van der Waals surface area contributed by atoms with Crippen LogP contribution in [0.5, 0.6) is 0 Å². The fraction of sp³-hybridized carbons (Fsp3) is 0.417. The van der Waals surface area contributed by atoms with Crippen molar-refractivity contribution in [2.75, 3.05) is 29.6 Å². The number of thioether (sulfide) groups is 1. The van der Waals surface area contributed by atoms with Gasteiger partial charge < -0.3 is 16.2 Å². The monoisotopic (exact) mass is 254 g/mol. The lowest BCUT2D eigenvalue weighted by Gasteiger charge is -2.06. The summed E-state index contributed by atoms with van der Waals surface area (Å²) in [6, 6.07) is 4.74. The average Bonchev–Trinajstić information content (AvgIpc) is 2.27. The van der Waals surface area contributed by atoms with Crippen LogP contribution >= 0.6 is 11.8 Å². The zero-order chi connectivity index (χ0) is 12.7. The Morgan fingerprint density at radius 3 is 2.53 bits per heavy atom. The van der Waals surface area contributed by atoms with Crippen LogP contribution in [0.15, 0.2) is 18.2 Å². The van der Waals surface area contributed by atoms with Gasteiger partial charge in [-0.2, -0.15) is 11.8 Å². The van der Waals surface area contributed by atoms with Crippen molar-refractivity contribution in [2.45, 2.75) is 13.3 Å². The molecule has 0 bridgehead atoms. The zero-order valence-corrected chi connectivity index (χ0v) is 10.8. The van der Waals surface area contributed by atoms with Crippen LogP contribution in [0.2, 0.25) is 0 Å². The number of nitrogens with two attached hydrogens (primary N) is 2. The van der Waals surface area contributed by atoms with Gasteiger partial charge in [-0.25, -0.2) is 4.79 Å². The molecule has 4 N–H and O–H groups in total. The molecular weight excluding hydrogens is 236 g/mol. The summed E-state index contributed by atoms with van der Waals surface area (Å²) in [7, 11) is 0. The second-order valence-corrected chi connectivity index (χ2v) is 4.97. The van der Waals surface area contributed by atoms with Crippen molar-refractivity contribution in [3.05, 3.63) is 23.8 Å². The Labute approximate surface area is 106 Å². The Bertz CT molecular complexity index is 363. The maximum Gasteiger partial charge on any atom is 0.338 e. The normalized spacial score (nSPS) is 10.2. The van der Waals surface area contributed by atoms with Gasteiger partial charge in [-0.15, -0.1) is 0 Å². The van der Waals surface area contributed by atoms with Gasteiger partial charge in [0.1, 0.15) is 0 Å². The molecule has 4 nitrogen and oxygen atoms in total. The van der Waals surface area contributed by atoms with Crippen LogP contribution in [-0.4, -0.2) is 24.1 Å². The lowest BCUT2D eigenvalue weighted by Crippen LogP contribution is -2.08. The molecule has 0 amide bonds. The molecule has 1 rings (SSSR count). The average molecular weight is 254 g/mol. The molecule has 0 aromatic heterocycles. The molecule has 1 aromatic rings. The summed E-state index contributed by atoms with van der Waals surface area (Å²) in [6.07, 6.45) is 0.863. The standard InChI is InChI=1S/C12H18N2O2S/c1-2-17-5-3-4-16-12(15)9-6-10(13)8-11(14)7-9/h6-8H,2-5,13-14H2,1H3. The molecule has 0 spiro atoms. The highest BCUT2D eigenvalue weighted by atomic mass is 32.2. The van der Waals surface area contributed by atoms with Gasteiger partial charge in [-0.1, -0.05) is 6.92 Å². The summed E-state index contributed by atoms with van der Waals surface area (Å²) in [6.45, 7) is 2.53. The van der Waals surface area contributed by atoms with E-state index in [1.807, 2.05) is 11.8 Å². The van der Waals surface area contributed by atoms with Gasteiger partial charge in [0.05, 0.1) is 12.2 Å². The van der Waals surface area contributed by atoms with Gasteiger partial charge >= 0.3 is 5.97 Å². The van der Waals surface area contributed by atoms with Crippen LogP contribution in [0.25, 0.3) is 0 Å². The molecule has 0 unspecified atom stereocenters. The first kappa shape index (κ1) is 13.7. The number of carbonyl (C=O) groups is 1. The highest BCUT2D eigenvalue weighted by molar-refractivity contribution is 7.99. The predicted octanol–water partition coefficient (Wildman–Crippen LogP) is 2.15. The smallest absolute Gasteiger partial charge is 0.338 e. The summed E-state index contributed by atoms with van der Waals surface area (Å²) in [4.78, 5) is 11.6. The Hall–Kier alpha value is -1.36. The van der Waals surface area contributed by atoms with Crippen molar-refractivity contribution in [3.63, 3.8) is 0 Å². The lowest BCUT2D eigenvalue weighted by molar-refractivity contribution is 0.0506. The Morgan fingerprint density at radius 1 is 1.29 bits per heavy atom. The minimum absolute atomic E-state index is 0.370. The summed E-state index contributed by atoms with van der Waals surface area (Å²) < 4.78 is 5.12. The van der Waals surface area contributed by atoms with Crippen molar-refractivity contribution < 1.29 is 9.53 Å².